The first kappa shape index (κ1) is 14.2. The molecule has 0 amide bonds. The van der Waals surface area contributed by atoms with Crippen LogP contribution in [-0.2, 0) is 11.2 Å². The molecule has 0 atom stereocenters. The molecular weight excluding hydrogens is 316 g/mol. The van der Waals surface area contributed by atoms with Crippen LogP contribution in [0.25, 0.3) is 0 Å². The molecule has 0 radical (unpaired) electrons. The van der Waals surface area contributed by atoms with Crippen molar-refractivity contribution in [2.75, 3.05) is 25.7 Å². The number of rotatable bonds is 4. The number of benzene rings is 1. The first-order chi connectivity index (χ1) is 8.69. The van der Waals surface area contributed by atoms with E-state index in [1.165, 1.54) is 5.56 Å². The lowest BCUT2D eigenvalue weighted by Crippen LogP contribution is -2.33. The van der Waals surface area contributed by atoms with Crippen molar-refractivity contribution in [1.82, 2.24) is 0 Å². The average Bonchev–Trinajstić information content (AvgIpc) is 2.40. The van der Waals surface area contributed by atoms with Gasteiger partial charge in [-0.15, -0.1) is 0 Å². The summed E-state index contributed by atoms with van der Waals surface area (Å²) in [7, 11) is 1.71. The van der Waals surface area contributed by atoms with E-state index >= 15 is 0 Å². The molecule has 2 nitrogen and oxygen atoms in total. The third kappa shape index (κ3) is 3.19. The molecule has 1 aliphatic rings. The Balaban J connectivity index is 2.23. The van der Waals surface area contributed by atoms with Crippen molar-refractivity contribution in [3.05, 3.63) is 28.8 Å². The van der Waals surface area contributed by atoms with E-state index in [4.69, 9.17) is 21.1 Å². The first-order valence-electron chi connectivity index (χ1n) is 6.15. The number of hydrogen-bond donors (Lipinski definition) is 0. The highest BCUT2D eigenvalue weighted by Crippen LogP contribution is 2.38. The van der Waals surface area contributed by atoms with E-state index in [-0.39, 0.29) is 5.41 Å². The van der Waals surface area contributed by atoms with Crippen molar-refractivity contribution in [3.8, 4) is 5.75 Å². The Labute approximate surface area is 122 Å². The van der Waals surface area contributed by atoms with Gasteiger partial charge in [0.1, 0.15) is 5.75 Å². The molecule has 18 heavy (non-hydrogen) atoms. The van der Waals surface area contributed by atoms with Crippen molar-refractivity contribution in [2.24, 2.45) is 5.41 Å². The van der Waals surface area contributed by atoms with Gasteiger partial charge in [-0.1, -0.05) is 27.5 Å². The minimum atomic E-state index is 0.260. The molecule has 0 bridgehead atoms. The fourth-order valence-electron chi connectivity index (χ4n) is 2.45. The summed E-state index contributed by atoms with van der Waals surface area (Å²) in [6.07, 6.45) is 3.13. The third-order valence-corrected chi connectivity index (χ3v) is 5.07. The third-order valence-electron chi connectivity index (χ3n) is 3.64. The standard InChI is InChI=1S/C14H18BrClO2/c1-17-13-3-2-12(16)8-11(13)9-14(10-15)4-6-18-7-5-14/h2-3,8H,4-7,9-10H2,1H3. The highest BCUT2D eigenvalue weighted by atomic mass is 79.9. The van der Waals surface area contributed by atoms with Gasteiger partial charge in [0.2, 0.25) is 0 Å². The van der Waals surface area contributed by atoms with Crippen molar-refractivity contribution in [1.29, 1.82) is 0 Å². The lowest BCUT2D eigenvalue weighted by molar-refractivity contribution is 0.0267. The minimum Gasteiger partial charge on any atom is -0.496 e. The molecule has 1 aromatic rings. The molecule has 1 saturated heterocycles. The van der Waals surface area contributed by atoms with Gasteiger partial charge < -0.3 is 9.47 Å². The number of ether oxygens (including phenoxy) is 2. The molecule has 2 rings (SSSR count). The average molecular weight is 334 g/mol. The van der Waals surface area contributed by atoms with E-state index in [2.05, 4.69) is 15.9 Å². The molecule has 100 valence electrons. The summed E-state index contributed by atoms with van der Waals surface area (Å²) >= 11 is 9.75. The van der Waals surface area contributed by atoms with Crippen LogP contribution in [0.4, 0.5) is 0 Å². The summed E-state index contributed by atoms with van der Waals surface area (Å²) in [6.45, 7) is 1.68. The largest absolute Gasteiger partial charge is 0.496 e. The summed E-state index contributed by atoms with van der Waals surface area (Å²) in [4.78, 5) is 0. The van der Waals surface area contributed by atoms with Crippen molar-refractivity contribution >= 4 is 27.5 Å². The normalized spacial score (nSPS) is 18.6. The number of halogens is 2. The summed E-state index contributed by atoms with van der Waals surface area (Å²) in [5.41, 5.74) is 1.45. The Morgan fingerprint density at radius 1 is 1.39 bits per heavy atom. The van der Waals surface area contributed by atoms with Crippen molar-refractivity contribution in [3.63, 3.8) is 0 Å². The zero-order chi connectivity index (χ0) is 13.0. The smallest absolute Gasteiger partial charge is 0.122 e. The zero-order valence-corrected chi connectivity index (χ0v) is 12.9. The quantitative estimate of drug-likeness (QED) is 0.773. The fraction of sp³-hybridized carbons (Fsp3) is 0.571. The molecule has 0 aliphatic carbocycles. The number of hydrogen-bond acceptors (Lipinski definition) is 2. The van der Waals surface area contributed by atoms with Crippen LogP contribution >= 0.6 is 27.5 Å². The van der Waals surface area contributed by atoms with E-state index in [9.17, 15) is 0 Å². The van der Waals surface area contributed by atoms with E-state index in [0.717, 1.165) is 48.6 Å². The second kappa shape index (κ2) is 6.27. The van der Waals surface area contributed by atoms with Crippen LogP contribution in [0.3, 0.4) is 0 Å². The van der Waals surface area contributed by atoms with Crippen LogP contribution in [0.1, 0.15) is 18.4 Å². The molecule has 4 heteroatoms. The maximum atomic E-state index is 6.09. The second-order valence-corrected chi connectivity index (χ2v) is 5.88. The lowest BCUT2D eigenvalue weighted by Gasteiger charge is -2.36. The molecule has 0 saturated carbocycles. The van der Waals surface area contributed by atoms with Gasteiger partial charge in [-0.2, -0.15) is 0 Å². The Bertz CT molecular complexity index is 403. The monoisotopic (exact) mass is 332 g/mol. The van der Waals surface area contributed by atoms with Crippen molar-refractivity contribution < 1.29 is 9.47 Å². The van der Waals surface area contributed by atoms with Crippen LogP contribution in [-0.4, -0.2) is 25.7 Å². The maximum absolute atomic E-state index is 6.09. The number of methoxy groups -OCH3 is 1. The van der Waals surface area contributed by atoms with Gasteiger partial charge in [-0.3, -0.25) is 0 Å². The SMILES string of the molecule is COc1ccc(Cl)cc1CC1(CBr)CCOCC1. The summed E-state index contributed by atoms with van der Waals surface area (Å²) in [5, 5.41) is 1.75. The molecule has 1 heterocycles. The van der Waals surface area contributed by atoms with Gasteiger partial charge in [0.05, 0.1) is 7.11 Å². The Morgan fingerprint density at radius 2 is 2.11 bits per heavy atom. The van der Waals surface area contributed by atoms with Gasteiger partial charge in [0.25, 0.3) is 0 Å². The Morgan fingerprint density at radius 3 is 2.72 bits per heavy atom. The predicted molar refractivity (Wildman–Crippen MR) is 78.0 cm³/mol. The molecule has 1 aliphatic heterocycles. The van der Waals surface area contributed by atoms with Gasteiger partial charge in [-0.05, 0) is 48.4 Å². The van der Waals surface area contributed by atoms with Crippen LogP contribution in [0.5, 0.6) is 5.75 Å². The van der Waals surface area contributed by atoms with Crippen LogP contribution < -0.4 is 4.74 Å². The van der Waals surface area contributed by atoms with Crippen molar-refractivity contribution in [2.45, 2.75) is 19.3 Å². The minimum absolute atomic E-state index is 0.260. The van der Waals surface area contributed by atoms with Crippen LogP contribution in [0.2, 0.25) is 5.02 Å². The molecule has 1 fully saturated rings. The topological polar surface area (TPSA) is 18.5 Å². The Kier molecular flexibility index (Phi) is 4.93. The van der Waals surface area contributed by atoms with Gasteiger partial charge in [-0.25, -0.2) is 0 Å². The highest BCUT2D eigenvalue weighted by Gasteiger charge is 2.32. The van der Waals surface area contributed by atoms with E-state index in [1.54, 1.807) is 7.11 Å². The Hall–Kier alpha value is -0.250. The molecule has 0 aromatic heterocycles. The zero-order valence-electron chi connectivity index (χ0n) is 10.5. The van der Waals surface area contributed by atoms with Gasteiger partial charge in [0, 0.05) is 23.6 Å². The molecule has 0 N–H and O–H groups in total. The maximum Gasteiger partial charge on any atom is 0.122 e. The summed E-state index contributed by atoms with van der Waals surface area (Å²) < 4.78 is 10.9. The molecule has 0 unspecified atom stereocenters. The first-order valence-corrected chi connectivity index (χ1v) is 7.65. The van der Waals surface area contributed by atoms with Gasteiger partial charge >= 0.3 is 0 Å². The predicted octanol–water partition coefficient (Wildman–Crippen LogP) is 4.08. The molecule has 1 aromatic carbocycles. The summed E-state index contributed by atoms with van der Waals surface area (Å²) in [6, 6.07) is 5.83. The fourth-order valence-corrected chi connectivity index (χ4v) is 3.41. The van der Waals surface area contributed by atoms with E-state index in [0.29, 0.717) is 0 Å². The molecular formula is C14H18BrClO2. The van der Waals surface area contributed by atoms with E-state index < -0.39 is 0 Å². The molecule has 0 spiro atoms. The second-order valence-electron chi connectivity index (χ2n) is 4.88. The number of alkyl halides is 1. The summed E-state index contributed by atoms with van der Waals surface area (Å²) in [5.74, 6) is 0.922. The lowest BCUT2D eigenvalue weighted by atomic mass is 9.77. The highest BCUT2D eigenvalue weighted by molar-refractivity contribution is 9.09. The van der Waals surface area contributed by atoms with Gasteiger partial charge in [0.15, 0.2) is 0 Å². The van der Waals surface area contributed by atoms with Crippen LogP contribution in [0.15, 0.2) is 18.2 Å². The van der Waals surface area contributed by atoms with E-state index in [1.807, 2.05) is 18.2 Å². The van der Waals surface area contributed by atoms with Crippen LogP contribution in [0, 0.1) is 5.41 Å².